The molecule has 0 bridgehead atoms. The van der Waals surface area contributed by atoms with Crippen molar-refractivity contribution < 1.29 is 24.2 Å². The molecule has 2 heterocycles. The lowest BCUT2D eigenvalue weighted by atomic mass is 10.2. The summed E-state index contributed by atoms with van der Waals surface area (Å²) in [6, 6.07) is -1.39. The molecule has 1 unspecified atom stereocenters. The molecule has 0 aromatic rings. The number of carboxylic acids is 1. The maximum absolute atomic E-state index is 12.3. The summed E-state index contributed by atoms with van der Waals surface area (Å²) < 4.78 is 5.08. The zero-order valence-electron chi connectivity index (χ0n) is 10.5. The number of urea groups is 1. The van der Waals surface area contributed by atoms with Crippen molar-refractivity contribution in [3.05, 3.63) is 0 Å². The maximum atomic E-state index is 12.3. The first-order chi connectivity index (χ1) is 9.09. The Labute approximate surface area is 110 Å². The normalized spacial score (nSPS) is 24.6. The summed E-state index contributed by atoms with van der Waals surface area (Å²) in [5.74, 6) is -1.31. The highest BCUT2D eigenvalue weighted by Gasteiger charge is 2.35. The molecule has 0 aromatic carbocycles. The van der Waals surface area contributed by atoms with E-state index in [9.17, 15) is 14.4 Å². The summed E-state index contributed by atoms with van der Waals surface area (Å²) in [5.41, 5.74) is 0. The first-order valence-electron chi connectivity index (χ1n) is 6.22. The fourth-order valence-corrected chi connectivity index (χ4v) is 2.19. The van der Waals surface area contributed by atoms with Gasteiger partial charge in [0.25, 0.3) is 0 Å². The van der Waals surface area contributed by atoms with Crippen molar-refractivity contribution in [1.29, 1.82) is 0 Å². The van der Waals surface area contributed by atoms with E-state index in [1.54, 1.807) is 0 Å². The van der Waals surface area contributed by atoms with Gasteiger partial charge in [-0.15, -0.1) is 0 Å². The van der Waals surface area contributed by atoms with Crippen molar-refractivity contribution in [2.24, 2.45) is 0 Å². The molecule has 106 valence electrons. The van der Waals surface area contributed by atoms with E-state index in [-0.39, 0.29) is 25.6 Å². The quantitative estimate of drug-likeness (QED) is 0.618. The molecule has 0 aromatic heterocycles. The molecule has 0 aliphatic carbocycles. The maximum Gasteiger partial charge on any atom is 0.328 e. The third-order valence-electron chi connectivity index (χ3n) is 3.19. The number of morpholine rings is 1. The average molecular weight is 271 g/mol. The molecule has 2 N–H and O–H groups in total. The van der Waals surface area contributed by atoms with Crippen LogP contribution in [0.2, 0.25) is 0 Å². The third-order valence-corrected chi connectivity index (χ3v) is 3.19. The Morgan fingerprint density at radius 3 is 2.89 bits per heavy atom. The Morgan fingerprint density at radius 2 is 2.16 bits per heavy atom. The van der Waals surface area contributed by atoms with Crippen LogP contribution in [0.15, 0.2) is 0 Å². The Balaban J connectivity index is 2.07. The molecule has 0 radical (unpaired) electrons. The Kier molecular flexibility index (Phi) is 4.20. The topological polar surface area (TPSA) is 99.2 Å². The van der Waals surface area contributed by atoms with Gasteiger partial charge in [-0.05, 0) is 6.42 Å². The summed E-state index contributed by atoms with van der Waals surface area (Å²) in [4.78, 5) is 37.5. The van der Waals surface area contributed by atoms with Gasteiger partial charge in [-0.3, -0.25) is 4.79 Å². The summed E-state index contributed by atoms with van der Waals surface area (Å²) in [5, 5.41) is 11.8. The number of nitrogens with one attached hydrogen (secondary N) is 1. The van der Waals surface area contributed by atoms with Crippen molar-refractivity contribution in [1.82, 2.24) is 15.1 Å². The van der Waals surface area contributed by atoms with E-state index >= 15 is 0 Å². The number of hydrogen-bond acceptors (Lipinski definition) is 4. The SMILES string of the molecule is O=C1CN(C(=O)N2CCOCC2C(=O)O)CCCN1. The molecule has 8 nitrogen and oxygen atoms in total. The zero-order valence-corrected chi connectivity index (χ0v) is 10.5. The first kappa shape index (κ1) is 13.6. The van der Waals surface area contributed by atoms with Crippen LogP contribution in [0.1, 0.15) is 6.42 Å². The second-order valence-electron chi connectivity index (χ2n) is 4.53. The summed E-state index contributed by atoms with van der Waals surface area (Å²) >= 11 is 0. The van der Waals surface area contributed by atoms with Crippen LogP contribution < -0.4 is 5.32 Å². The number of ether oxygens (including phenoxy) is 1. The molecular weight excluding hydrogens is 254 g/mol. The van der Waals surface area contributed by atoms with Gasteiger partial charge in [0.1, 0.15) is 6.54 Å². The van der Waals surface area contributed by atoms with Gasteiger partial charge in [0.2, 0.25) is 5.91 Å². The van der Waals surface area contributed by atoms with Crippen LogP contribution in [0.5, 0.6) is 0 Å². The number of carboxylic acid groups (broad SMARTS) is 1. The van der Waals surface area contributed by atoms with E-state index in [4.69, 9.17) is 9.84 Å². The van der Waals surface area contributed by atoms with Gasteiger partial charge in [0, 0.05) is 19.6 Å². The van der Waals surface area contributed by atoms with Gasteiger partial charge in [-0.1, -0.05) is 0 Å². The highest BCUT2D eigenvalue weighted by atomic mass is 16.5. The number of amides is 3. The summed E-state index contributed by atoms with van der Waals surface area (Å²) in [7, 11) is 0. The minimum Gasteiger partial charge on any atom is -0.480 e. The molecule has 0 saturated carbocycles. The highest BCUT2D eigenvalue weighted by Crippen LogP contribution is 2.12. The Morgan fingerprint density at radius 1 is 1.37 bits per heavy atom. The minimum absolute atomic E-state index is 0.0128. The molecule has 2 aliphatic rings. The van der Waals surface area contributed by atoms with Crippen LogP contribution in [-0.4, -0.2) is 78.2 Å². The standard InChI is InChI=1S/C11H17N3O5/c15-9-6-13(3-1-2-12-9)11(18)14-4-5-19-7-8(14)10(16)17/h8H,1-7H2,(H,12,15)(H,16,17). The second kappa shape index (κ2) is 5.87. The van der Waals surface area contributed by atoms with Gasteiger partial charge in [0.05, 0.1) is 13.2 Å². The molecular formula is C11H17N3O5. The summed E-state index contributed by atoms with van der Waals surface area (Å²) in [6.07, 6.45) is 0.666. The van der Waals surface area contributed by atoms with Crippen molar-refractivity contribution in [3.8, 4) is 0 Å². The summed E-state index contributed by atoms with van der Waals surface area (Å²) in [6.45, 7) is 1.49. The number of hydrogen-bond donors (Lipinski definition) is 2. The van der Waals surface area contributed by atoms with Crippen LogP contribution in [0.4, 0.5) is 4.79 Å². The van der Waals surface area contributed by atoms with Crippen molar-refractivity contribution in [2.75, 3.05) is 39.4 Å². The Bertz CT molecular complexity index is 387. The fourth-order valence-electron chi connectivity index (χ4n) is 2.19. The largest absolute Gasteiger partial charge is 0.480 e. The molecule has 0 spiro atoms. The van der Waals surface area contributed by atoms with Crippen LogP contribution >= 0.6 is 0 Å². The Hall–Kier alpha value is -1.83. The van der Waals surface area contributed by atoms with E-state index in [0.717, 1.165) is 0 Å². The van der Waals surface area contributed by atoms with Crippen LogP contribution in [-0.2, 0) is 14.3 Å². The van der Waals surface area contributed by atoms with Crippen LogP contribution in [0, 0.1) is 0 Å². The fraction of sp³-hybridized carbons (Fsp3) is 0.727. The molecule has 3 amide bonds. The number of nitrogens with zero attached hydrogens (tertiary/aromatic N) is 2. The second-order valence-corrected chi connectivity index (χ2v) is 4.53. The molecule has 2 fully saturated rings. The number of carbonyl (C=O) groups excluding carboxylic acids is 2. The lowest BCUT2D eigenvalue weighted by Gasteiger charge is -2.36. The third kappa shape index (κ3) is 3.14. The highest BCUT2D eigenvalue weighted by molar-refractivity contribution is 5.87. The van der Waals surface area contributed by atoms with Gasteiger partial charge in [0.15, 0.2) is 6.04 Å². The smallest absolute Gasteiger partial charge is 0.328 e. The molecule has 8 heteroatoms. The van der Waals surface area contributed by atoms with E-state index in [1.807, 2.05) is 0 Å². The predicted octanol–water partition coefficient (Wildman–Crippen LogP) is -1.29. The van der Waals surface area contributed by atoms with E-state index < -0.39 is 18.0 Å². The number of rotatable bonds is 1. The number of carbonyl (C=O) groups is 3. The first-order valence-corrected chi connectivity index (χ1v) is 6.22. The predicted molar refractivity (Wildman–Crippen MR) is 63.5 cm³/mol. The van der Waals surface area contributed by atoms with Crippen LogP contribution in [0.3, 0.4) is 0 Å². The van der Waals surface area contributed by atoms with Crippen molar-refractivity contribution in [2.45, 2.75) is 12.5 Å². The van der Waals surface area contributed by atoms with Gasteiger partial charge < -0.3 is 25.0 Å². The van der Waals surface area contributed by atoms with E-state index in [1.165, 1.54) is 9.80 Å². The van der Waals surface area contributed by atoms with E-state index in [0.29, 0.717) is 26.1 Å². The van der Waals surface area contributed by atoms with Gasteiger partial charge in [-0.2, -0.15) is 0 Å². The minimum atomic E-state index is -1.09. The lowest BCUT2D eigenvalue weighted by molar-refractivity contribution is -0.147. The van der Waals surface area contributed by atoms with Crippen molar-refractivity contribution >= 4 is 17.9 Å². The lowest BCUT2D eigenvalue weighted by Crippen LogP contribution is -2.57. The molecule has 19 heavy (non-hydrogen) atoms. The van der Waals surface area contributed by atoms with E-state index in [2.05, 4.69) is 5.32 Å². The van der Waals surface area contributed by atoms with Gasteiger partial charge >= 0.3 is 12.0 Å². The molecule has 2 aliphatic heterocycles. The molecule has 1 atom stereocenters. The molecule has 2 saturated heterocycles. The monoisotopic (exact) mass is 271 g/mol. The van der Waals surface area contributed by atoms with Crippen molar-refractivity contribution in [3.63, 3.8) is 0 Å². The zero-order chi connectivity index (χ0) is 13.8. The molecule has 2 rings (SSSR count). The number of aliphatic carboxylic acids is 1. The van der Waals surface area contributed by atoms with Gasteiger partial charge in [-0.25, -0.2) is 9.59 Å². The van der Waals surface area contributed by atoms with Crippen LogP contribution in [0.25, 0.3) is 0 Å². The average Bonchev–Trinajstić information content (AvgIpc) is 2.62.